The number of methoxy groups -OCH3 is 1. The van der Waals surface area contributed by atoms with Crippen molar-refractivity contribution in [3.63, 3.8) is 0 Å². The highest BCUT2D eigenvalue weighted by molar-refractivity contribution is 5.85. The number of hydrogen-bond acceptors (Lipinski definition) is 5. The number of aliphatic hydroxyl groups is 1. The highest BCUT2D eigenvalue weighted by Crippen LogP contribution is 1.90. The summed E-state index contributed by atoms with van der Waals surface area (Å²) in [4.78, 5) is 22.2. The Balaban J connectivity index is 3.96. The van der Waals surface area contributed by atoms with Crippen LogP contribution < -0.4 is 5.32 Å². The van der Waals surface area contributed by atoms with Gasteiger partial charge in [0.15, 0.2) is 6.04 Å². The summed E-state index contributed by atoms with van der Waals surface area (Å²) in [6, 6.07) is -1.03. The molecule has 1 amide bonds. The summed E-state index contributed by atoms with van der Waals surface area (Å²) in [5.41, 5.74) is 0. The molecule has 0 saturated heterocycles. The largest absolute Gasteiger partial charge is 0.467 e. The van der Waals surface area contributed by atoms with E-state index in [2.05, 4.69) is 10.1 Å². The topological polar surface area (TPSA) is 84.9 Å². The maximum absolute atomic E-state index is 11.2. The van der Waals surface area contributed by atoms with E-state index in [0.29, 0.717) is 0 Å². The fourth-order valence-electron chi connectivity index (χ4n) is 0.800. The van der Waals surface area contributed by atoms with E-state index in [9.17, 15) is 9.59 Å². The molecule has 0 aliphatic carbocycles. The Labute approximate surface area is 88.6 Å². The van der Waals surface area contributed by atoms with E-state index in [-0.39, 0.29) is 12.7 Å². The first-order chi connectivity index (χ1) is 7.01. The molecule has 15 heavy (non-hydrogen) atoms. The standard InChI is InChI=1S/C9H17NO5/c1-6(2)15-5-8(12)10-7(4-11)9(13)14-3/h6-7,11H,4-5H2,1-3H3,(H,10,12)/t7-/m0/s1. The molecule has 1 atom stereocenters. The van der Waals surface area contributed by atoms with Crippen LogP contribution in [0.15, 0.2) is 0 Å². The average molecular weight is 219 g/mol. The minimum atomic E-state index is -1.03. The molecule has 2 N–H and O–H groups in total. The lowest BCUT2D eigenvalue weighted by Gasteiger charge is -2.14. The quantitative estimate of drug-likeness (QED) is 0.563. The third kappa shape index (κ3) is 6.03. The predicted molar refractivity (Wildman–Crippen MR) is 52.1 cm³/mol. The molecular weight excluding hydrogens is 202 g/mol. The van der Waals surface area contributed by atoms with Crippen molar-refractivity contribution >= 4 is 11.9 Å². The fourth-order valence-corrected chi connectivity index (χ4v) is 0.800. The third-order valence-electron chi connectivity index (χ3n) is 1.55. The highest BCUT2D eigenvalue weighted by Gasteiger charge is 2.20. The Morgan fingerprint density at radius 1 is 1.40 bits per heavy atom. The summed E-state index contributed by atoms with van der Waals surface area (Å²) < 4.78 is 9.39. The summed E-state index contributed by atoms with van der Waals surface area (Å²) >= 11 is 0. The molecule has 0 aliphatic rings. The highest BCUT2D eigenvalue weighted by atomic mass is 16.5. The van der Waals surface area contributed by atoms with E-state index in [1.807, 2.05) is 0 Å². The van der Waals surface area contributed by atoms with Crippen LogP contribution in [0.1, 0.15) is 13.8 Å². The van der Waals surface area contributed by atoms with Crippen molar-refractivity contribution in [1.82, 2.24) is 5.32 Å². The lowest BCUT2D eigenvalue weighted by Crippen LogP contribution is -2.45. The molecule has 0 aromatic carbocycles. The minimum Gasteiger partial charge on any atom is -0.467 e. The predicted octanol–water partition coefficient (Wildman–Crippen LogP) is -0.938. The molecule has 6 heteroatoms. The lowest BCUT2D eigenvalue weighted by atomic mass is 10.3. The summed E-state index contributed by atoms with van der Waals surface area (Å²) in [5, 5.41) is 11.1. The molecule has 0 saturated carbocycles. The molecule has 0 rings (SSSR count). The van der Waals surface area contributed by atoms with Gasteiger partial charge in [-0.3, -0.25) is 4.79 Å². The Bertz CT molecular complexity index is 217. The summed E-state index contributed by atoms with van der Waals surface area (Å²) in [7, 11) is 1.18. The zero-order valence-electron chi connectivity index (χ0n) is 9.15. The van der Waals surface area contributed by atoms with Crippen LogP contribution in [0.4, 0.5) is 0 Å². The van der Waals surface area contributed by atoms with E-state index >= 15 is 0 Å². The van der Waals surface area contributed by atoms with Gasteiger partial charge in [0, 0.05) is 0 Å². The Hall–Kier alpha value is -1.14. The van der Waals surface area contributed by atoms with Crippen molar-refractivity contribution in [2.24, 2.45) is 0 Å². The van der Waals surface area contributed by atoms with Crippen LogP contribution in [0.5, 0.6) is 0 Å². The van der Waals surface area contributed by atoms with Crippen LogP contribution in [0.3, 0.4) is 0 Å². The lowest BCUT2D eigenvalue weighted by molar-refractivity contribution is -0.147. The van der Waals surface area contributed by atoms with Crippen molar-refractivity contribution in [3.8, 4) is 0 Å². The van der Waals surface area contributed by atoms with Gasteiger partial charge in [-0.15, -0.1) is 0 Å². The SMILES string of the molecule is COC(=O)[C@H](CO)NC(=O)COC(C)C. The smallest absolute Gasteiger partial charge is 0.330 e. The number of aliphatic hydroxyl groups excluding tert-OH is 1. The van der Waals surface area contributed by atoms with Crippen LogP contribution in [0, 0.1) is 0 Å². The number of ether oxygens (including phenoxy) is 2. The Morgan fingerprint density at radius 3 is 2.40 bits per heavy atom. The first-order valence-electron chi connectivity index (χ1n) is 4.61. The number of nitrogens with one attached hydrogen (secondary N) is 1. The van der Waals surface area contributed by atoms with Crippen molar-refractivity contribution < 1.29 is 24.2 Å². The van der Waals surface area contributed by atoms with E-state index in [1.54, 1.807) is 13.8 Å². The molecule has 0 radical (unpaired) electrons. The van der Waals surface area contributed by atoms with Gasteiger partial charge >= 0.3 is 5.97 Å². The second-order valence-corrected chi connectivity index (χ2v) is 3.19. The molecule has 0 fully saturated rings. The van der Waals surface area contributed by atoms with E-state index in [0.717, 1.165) is 0 Å². The molecule has 0 aromatic heterocycles. The average Bonchev–Trinajstić information content (AvgIpc) is 2.21. The minimum absolute atomic E-state index is 0.0681. The van der Waals surface area contributed by atoms with Crippen molar-refractivity contribution in [1.29, 1.82) is 0 Å². The number of carbonyl (C=O) groups is 2. The molecular formula is C9H17NO5. The molecule has 0 spiro atoms. The van der Waals surface area contributed by atoms with Gasteiger partial charge in [0.05, 0.1) is 19.8 Å². The maximum Gasteiger partial charge on any atom is 0.330 e. The van der Waals surface area contributed by atoms with Gasteiger partial charge in [-0.05, 0) is 13.8 Å². The van der Waals surface area contributed by atoms with Gasteiger partial charge < -0.3 is 19.9 Å². The second kappa shape index (κ2) is 7.19. The molecule has 0 heterocycles. The van der Waals surface area contributed by atoms with Crippen LogP contribution >= 0.6 is 0 Å². The van der Waals surface area contributed by atoms with Crippen LogP contribution in [0.25, 0.3) is 0 Å². The fraction of sp³-hybridized carbons (Fsp3) is 0.778. The zero-order valence-corrected chi connectivity index (χ0v) is 9.15. The number of hydrogen-bond donors (Lipinski definition) is 2. The van der Waals surface area contributed by atoms with Crippen LogP contribution in [-0.4, -0.2) is 49.5 Å². The summed E-state index contributed by atoms with van der Waals surface area (Å²) in [6.07, 6.45) is -0.0681. The first-order valence-corrected chi connectivity index (χ1v) is 4.61. The molecule has 88 valence electrons. The number of rotatable bonds is 6. The van der Waals surface area contributed by atoms with E-state index in [1.165, 1.54) is 7.11 Å². The van der Waals surface area contributed by atoms with E-state index in [4.69, 9.17) is 9.84 Å². The third-order valence-corrected chi connectivity index (χ3v) is 1.55. The van der Waals surface area contributed by atoms with Gasteiger partial charge in [0.1, 0.15) is 6.61 Å². The molecule has 6 nitrogen and oxygen atoms in total. The van der Waals surface area contributed by atoms with Crippen molar-refractivity contribution in [2.75, 3.05) is 20.3 Å². The first kappa shape index (κ1) is 13.9. The van der Waals surface area contributed by atoms with Gasteiger partial charge in [0.25, 0.3) is 0 Å². The van der Waals surface area contributed by atoms with Gasteiger partial charge in [0.2, 0.25) is 5.91 Å². The van der Waals surface area contributed by atoms with Crippen molar-refractivity contribution in [3.05, 3.63) is 0 Å². The van der Waals surface area contributed by atoms with E-state index < -0.39 is 24.5 Å². The van der Waals surface area contributed by atoms with Gasteiger partial charge in [-0.2, -0.15) is 0 Å². The summed E-state index contributed by atoms with van der Waals surface area (Å²) in [5.74, 6) is -1.15. The molecule has 0 bridgehead atoms. The Morgan fingerprint density at radius 2 is 2.00 bits per heavy atom. The monoisotopic (exact) mass is 219 g/mol. The van der Waals surface area contributed by atoms with Crippen LogP contribution in [-0.2, 0) is 19.1 Å². The van der Waals surface area contributed by atoms with Crippen LogP contribution in [0.2, 0.25) is 0 Å². The zero-order chi connectivity index (χ0) is 11.8. The number of carbonyl (C=O) groups excluding carboxylic acids is 2. The maximum atomic E-state index is 11.2. The second-order valence-electron chi connectivity index (χ2n) is 3.19. The summed E-state index contributed by atoms with van der Waals surface area (Å²) in [6.45, 7) is 2.93. The number of amides is 1. The molecule has 0 aromatic rings. The Kier molecular flexibility index (Phi) is 6.64. The number of esters is 1. The van der Waals surface area contributed by atoms with Gasteiger partial charge in [-0.1, -0.05) is 0 Å². The molecule has 0 unspecified atom stereocenters. The molecule has 0 aliphatic heterocycles. The van der Waals surface area contributed by atoms with Gasteiger partial charge in [-0.25, -0.2) is 4.79 Å². The van der Waals surface area contributed by atoms with Crippen molar-refractivity contribution in [2.45, 2.75) is 26.0 Å². The normalized spacial score (nSPS) is 12.3.